The lowest BCUT2D eigenvalue weighted by atomic mass is 10.1. The van der Waals surface area contributed by atoms with E-state index in [0.717, 1.165) is 0 Å². The van der Waals surface area contributed by atoms with Crippen molar-refractivity contribution in [3.63, 3.8) is 0 Å². The zero-order valence-corrected chi connectivity index (χ0v) is 14.9. The second-order valence-electron chi connectivity index (χ2n) is 4.72. The van der Waals surface area contributed by atoms with Crippen molar-refractivity contribution in [2.45, 2.75) is 31.2 Å². The van der Waals surface area contributed by atoms with Crippen molar-refractivity contribution in [3.05, 3.63) is 22.7 Å². The second kappa shape index (κ2) is 7.61. The van der Waals surface area contributed by atoms with Crippen LogP contribution in [-0.4, -0.2) is 27.1 Å². The number of hydrogen-bond acceptors (Lipinski definition) is 4. The summed E-state index contributed by atoms with van der Waals surface area (Å²) in [4.78, 5) is 0.171. The van der Waals surface area contributed by atoms with E-state index in [0.29, 0.717) is 16.8 Å². The zero-order valence-electron chi connectivity index (χ0n) is 11.6. The molecule has 0 heterocycles. The van der Waals surface area contributed by atoms with E-state index in [1.807, 2.05) is 6.92 Å². The van der Waals surface area contributed by atoms with Gasteiger partial charge >= 0.3 is 0 Å². The predicted molar refractivity (Wildman–Crippen MR) is 86.0 cm³/mol. The first kappa shape index (κ1) is 19.7. The number of benzene rings is 1. The Bertz CT molecular complexity index is 550. The fraction of sp³-hybridized carbons (Fsp3) is 0.500. The van der Waals surface area contributed by atoms with E-state index < -0.39 is 15.6 Å². The van der Waals surface area contributed by atoms with Gasteiger partial charge in [0.25, 0.3) is 0 Å². The normalized spacial score (nSPS) is 11.8. The molecule has 0 amide bonds. The average molecular weight is 388 g/mol. The molecule has 3 N–H and O–H groups in total. The van der Waals surface area contributed by atoms with Gasteiger partial charge in [-0.3, -0.25) is 0 Å². The predicted octanol–water partition coefficient (Wildman–Crippen LogP) is 2.29. The van der Waals surface area contributed by atoms with E-state index in [2.05, 4.69) is 20.7 Å². The SMILES string of the molecule is CCOc1ccc(S(=O)(=O)NC(C)(C)CN)cc1Br.Cl. The molecule has 20 heavy (non-hydrogen) atoms. The van der Waals surface area contributed by atoms with E-state index in [9.17, 15) is 8.42 Å². The highest BCUT2D eigenvalue weighted by atomic mass is 79.9. The van der Waals surface area contributed by atoms with E-state index >= 15 is 0 Å². The van der Waals surface area contributed by atoms with E-state index in [1.165, 1.54) is 12.1 Å². The number of rotatable bonds is 6. The number of nitrogens with one attached hydrogen (secondary N) is 1. The quantitative estimate of drug-likeness (QED) is 0.784. The molecule has 0 spiro atoms. The molecule has 1 rings (SSSR count). The standard InChI is InChI=1S/C12H19BrN2O3S.ClH/c1-4-18-11-6-5-9(7-10(11)13)19(16,17)15-12(2,3)8-14;/h5-7,15H,4,8,14H2,1-3H3;1H. The van der Waals surface area contributed by atoms with E-state index in [1.54, 1.807) is 19.9 Å². The molecule has 0 fully saturated rings. The molecule has 116 valence electrons. The third-order valence-corrected chi connectivity index (χ3v) is 4.75. The summed E-state index contributed by atoms with van der Waals surface area (Å²) in [7, 11) is -3.60. The third kappa shape index (κ3) is 5.21. The summed E-state index contributed by atoms with van der Waals surface area (Å²) in [6.45, 7) is 6.05. The Morgan fingerprint density at radius 3 is 2.45 bits per heavy atom. The number of hydrogen-bond donors (Lipinski definition) is 2. The minimum atomic E-state index is -3.60. The Morgan fingerprint density at radius 2 is 2.00 bits per heavy atom. The van der Waals surface area contributed by atoms with Crippen LogP contribution in [0.1, 0.15) is 20.8 Å². The van der Waals surface area contributed by atoms with Crippen molar-refractivity contribution < 1.29 is 13.2 Å². The second-order valence-corrected chi connectivity index (χ2v) is 7.26. The van der Waals surface area contributed by atoms with Gasteiger partial charge in [0.15, 0.2) is 0 Å². The molecular formula is C12H20BrClN2O3S. The van der Waals surface area contributed by atoms with Gasteiger partial charge in [-0.25, -0.2) is 13.1 Å². The number of ether oxygens (including phenoxy) is 1. The van der Waals surface area contributed by atoms with Gasteiger partial charge in [0.2, 0.25) is 10.0 Å². The van der Waals surface area contributed by atoms with Gasteiger partial charge in [-0.05, 0) is 54.9 Å². The topological polar surface area (TPSA) is 81.4 Å². The lowest BCUT2D eigenvalue weighted by Crippen LogP contribution is -2.48. The Morgan fingerprint density at radius 1 is 1.40 bits per heavy atom. The Hall–Kier alpha value is -0.340. The molecule has 0 aliphatic heterocycles. The van der Waals surface area contributed by atoms with Gasteiger partial charge in [-0.2, -0.15) is 0 Å². The van der Waals surface area contributed by atoms with E-state index in [-0.39, 0.29) is 23.8 Å². The molecule has 0 aromatic heterocycles. The molecule has 0 unspecified atom stereocenters. The number of nitrogens with two attached hydrogens (primary N) is 1. The highest BCUT2D eigenvalue weighted by Crippen LogP contribution is 2.28. The Balaban J connectivity index is 0.00000361. The van der Waals surface area contributed by atoms with Crippen LogP contribution in [0, 0.1) is 0 Å². The van der Waals surface area contributed by atoms with Gasteiger partial charge in [0, 0.05) is 12.1 Å². The summed E-state index contributed by atoms with van der Waals surface area (Å²) in [5.74, 6) is 0.611. The average Bonchev–Trinajstić information content (AvgIpc) is 2.30. The Labute approximate surface area is 134 Å². The molecule has 0 aliphatic carbocycles. The first-order valence-electron chi connectivity index (χ1n) is 5.88. The smallest absolute Gasteiger partial charge is 0.241 e. The highest BCUT2D eigenvalue weighted by Gasteiger charge is 2.25. The van der Waals surface area contributed by atoms with Gasteiger partial charge in [0.05, 0.1) is 16.0 Å². The van der Waals surface area contributed by atoms with Crippen LogP contribution in [0.4, 0.5) is 0 Å². The summed E-state index contributed by atoms with van der Waals surface area (Å²) in [5, 5.41) is 0. The van der Waals surface area contributed by atoms with Crippen LogP contribution in [0.2, 0.25) is 0 Å². The van der Waals surface area contributed by atoms with Crippen LogP contribution in [0.25, 0.3) is 0 Å². The van der Waals surface area contributed by atoms with E-state index in [4.69, 9.17) is 10.5 Å². The van der Waals surface area contributed by atoms with Crippen LogP contribution < -0.4 is 15.2 Å². The highest BCUT2D eigenvalue weighted by molar-refractivity contribution is 9.10. The third-order valence-electron chi connectivity index (χ3n) is 2.43. The molecule has 0 atom stereocenters. The lowest BCUT2D eigenvalue weighted by molar-refractivity contribution is 0.338. The fourth-order valence-corrected chi connectivity index (χ4v) is 3.48. The molecule has 0 saturated heterocycles. The molecular weight excluding hydrogens is 368 g/mol. The number of halogens is 2. The van der Waals surface area contributed by atoms with Gasteiger partial charge in [-0.15, -0.1) is 12.4 Å². The van der Waals surface area contributed by atoms with Crippen molar-refractivity contribution in [1.82, 2.24) is 4.72 Å². The molecule has 1 aromatic carbocycles. The maximum atomic E-state index is 12.2. The van der Waals surface area contributed by atoms with Crippen LogP contribution in [0.3, 0.4) is 0 Å². The largest absolute Gasteiger partial charge is 0.493 e. The fourth-order valence-electron chi connectivity index (χ4n) is 1.39. The van der Waals surface area contributed by atoms with Crippen LogP contribution in [0.15, 0.2) is 27.6 Å². The van der Waals surface area contributed by atoms with Gasteiger partial charge in [0.1, 0.15) is 5.75 Å². The summed E-state index contributed by atoms with van der Waals surface area (Å²) in [5.41, 5.74) is 4.84. The molecule has 8 heteroatoms. The maximum Gasteiger partial charge on any atom is 0.241 e. The molecule has 0 aliphatic rings. The minimum absolute atomic E-state index is 0. The molecule has 1 aromatic rings. The van der Waals surface area contributed by atoms with Crippen LogP contribution >= 0.6 is 28.3 Å². The van der Waals surface area contributed by atoms with Crippen molar-refractivity contribution in [1.29, 1.82) is 0 Å². The monoisotopic (exact) mass is 386 g/mol. The summed E-state index contributed by atoms with van der Waals surface area (Å²) >= 11 is 3.30. The van der Waals surface area contributed by atoms with Gasteiger partial charge in [-0.1, -0.05) is 0 Å². The lowest BCUT2D eigenvalue weighted by Gasteiger charge is -2.24. The van der Waals surface area contributed by atoms with Crippen molar-refractivity contribution >= 4 is 38.4 Å². The zero-order chi connectivity index (χ0) is 14.7. The van der Waals surface area contributed by atoms with Crippen LogP contribution in [0.5, 0.6) is 5.75 Å². The molecule has 5 nitrogen and oxygen atoms in total. The minimum Gasteiger partial charge on any atom is -0.493 e. The van der Waals surface area contributed by atoms with Crippen molar-refractivity contribution in [3.8, 4) is 5.75 Å². The summed E-state index contributed by atoms with van der Waals surface area (Å²) < 4.78 is 32.9. The molecule has 0 saturated carbocycles. The number of sulfonamides is 1. The van der Waals surface area contributed by atoms with Crippen molar-refractivity contribution in [2.24, 2.45) is 5.73 Å². The summed E-state index contributed by atoms with van der Waals surface area (Å²) in [6, 6.07) is 4.64. The maximum absolute atomic E-state index is 12.2. The van der Waals surface area contributed by atoms with Crippen LogP contribution in [-0.2, 0) is 10.0 Å². The first-order chi connectivity index (χ1) is 8.72. The Kier molecular flexibility index (Phi) is 7.48. The van der Waals surface area contributed by atoms with Gasteiger partial charge < -0.3 is 10.5 Å². The molecule has 0 bridgehead atoms. The first-order valence-corrected chi connectivity index (χ1v) is 8.16. The van der Waals surface area contributed by atoms with Crippen molar-refractivity contribution in [2.75, 3.05) is 13.2 Å². The molecule has 0 radical (unpaired) electrons. The summed E-state index contributed by atoms with van der Waals surface area (Å²) in [6.07, 6.45) is 0.